The van der Waals surface area contributed by atoms with Gasteiger partial charge < -0.3 is 15.4 Å². The second-order valence-corrected chi connectivity index (χ2v) is 6.48. The summed E-state index contributed by atoms with van der Waals surface area (Å²) >= 11 is 6.13. The van der Waals surface area contributed by atoms with Gasteiger partial charge in [0.25, 0.3) is 5.91 Å². The molecule has 0 atom stereocenters. The number of benzene rings is 1. The molecule has 2 N–H and O–H groups in total. The quantitative estimate of drug-likeness (QED) is 0.586. The number of halogens is 1. The molecule has 0 bridgehead atoms. The zero-order valence-electron chi connectivity index (χ0n) is 14.7. The lowest BCUT2D eigenvalue weighted by Crippen LogP contribution is -2.36. The molecule has 1 aliphatic rings. The number of hydrogen-bond donors (Lipinski definition) is 2. The van der Waals surface area contributed by atoms with Gasteiger partial charge in [-0.1, -0.05) is 30.9 Å². The van der Waals surface area contributed by atoms with Crippen molar-refractivity contribution in [3.8, 4) is 0 Å². The van der Waals surface area contributed by atoms with Gasteiger partial charge in [-0.2, -0.15) is 0 Å². The Morgan fingerprint density at radius 1 is 1.19 bits per heavy atom. The molecule has 2 rings (SSSR count). The van der Waals surface area contributed by atoms with E-state index in [1.165, 1.54) is 12.5 Å². The van der Waals surface area contributed by atoms with Crippen LogP contribution in [-0.4, -0.2) is 30.4 Å². The summed E-state index contributed by atoms with van der Waals surface area (Å²) in [6.07, 6.45) is 7.49. The molecule has 1 aromatic carbocycles. The highest BCUT2D eigenvalue weighted by Gasteiger charge is 2.18. The van der Waals surface area contributed by atoms with Crippen molar-refractivity contribution in [2.24, 2.45) is 0 Å². The number of ether oxygens (including phenoxy) is 1. The second-order valence-electron chi connectivity index (χ2n) is 6.08. The van der Waals surface area contributed by atoms with Gasteiger partial charge in [0.05, 0.1) is 17.2 Å². The van der Waals surface area contributed by atoms with Crippen LogP contribution in [0.4, 0.5) is 5.69 Å². The van der Waals surface area contributed by atoms with Crippen molar-refractivity contribution < 1.29 is 19.1 Å². The highest BCUT2D eigenvalue weighted by atomic mass is 35.5. The number of esters is 1. The minimum Gasteiger partial charge on any atom is -0.463 e. The Hall–Kier alpha value is -2.34. The maximum atomic E-state index is 12.5. The Labute approximate surface area is 157 Å². The first-order valence-corrected chi connectivity index (χ1v) is 9.13. The van der Waals surface area contributed by atoms with Crippen LogP contribution in [0.3, 0.4) is 0 Å². The number of nitrogens with one attached hydrogen (secondary N) is 2. The Balaban J connectivity index is 2.00. The fraction of sp³-hybridized carbons (Fsp3) is 0.421. The van der Waals surface area contributed by atoms with Crippen LogP contribution in [0.5, 0.6) is 0 Å². The molecule has 0 heterocycles. The maximum absolute atomic E-state index is 12.5. The monoisotopic (exact) mass is 378 g/mol. The Bertz CT molecular complexity index is 697. The van der Waals surface area contributed by atoms with Crippen LogP contribution < -0.4 is 10.6 Å². The van der Waals surface area contributed by atoms with Gasteiger partial charge in [-0.3, -0.25) is 9.59 Å². The van der Waals surface area contributed by atoms with E-state index in [1.807, 2.05) is 0 Å². The lowest BCUT2D eigenvalue weighted by molar-refractivity contribution is -0.137. The number of carbonyl (C=O) groups is 3. The van der Waals surface area contributed by atoms with E-state index >= 15 is 0 Å². The molecular formula is C19H23ClN2O4. The highest BCUT2D eigenvalue weighted by molar-refractivity contribution is 6.34. The van der Waals surface area contributed by atoms with E-state index in [-0.39, 0.29) is 18.6 Å². The van der Waals surface area contributed by atoms with Gasteiger partial charge in [-0.05, 0) is 38.0 Å². The predicted octanol–water partition coefficient (Wildman–Crippen LogP) is 3.46. The van der Waals surface area contributed by atoms with Crippen molar-refractivity contribution in [2.75, 3.05) is 11.9 Å². The van der Waals surface area contributed by atoms with Crippen LogP contribution in [0.2, 0.25) is 5.02 Å². The van der Waals surface area contributed by atoms with E-state index < -0.39 is 11.9 Å². The average molecular weight is 379 g/mol. The molecule has 140 valence electrons. The van der Waals surface area contributed by atoms with Crippen molar-refractivity contribution >= 4 is 35.1 Å². The lowest BCUT2D eigenvalue weighted by Gasteiger charge is -2.23. The van der Waals surface area contributed by atoms with E-state index in [9.17, 15) is 14.4 Å². The normalized spacial score (nSPS) is 14.8. The largest absolute Gasteiger partial charge is 0.463 e. The van der Waals surface area contributed by atoms with Gasteiger partial charge >= 0.3 is 5.97 Å². The molecule has 7 heteroatoms. The third-order valence-electron chi connectivity index (χ3n) is 4.08. The molecule has 1 fully saturated rings. The van der Waals surface area contributed by atoms with Gasteiger partial charge in [0.15, 0.2) is 0 Å². The van der Waals surface area contributed by atoms with Crippen LogP contribution in [0.1, 0.15) is 49.4 Å². The van der Waals surface area contributed by atoms with Crippen molar-refractivity contribution in [3.05, 3.63) is 40.9 Å². The first-order chi connectivity index (χ1) is 12.5. The molecule has 0 aromatic heterocycles. The van der Waals surface area contributed by atoms with Gasteiger partial charge in [-0.15, -0.1) is 0 Å². The zero-order valence-corrected chi connectivity index (χ0v) is 15.5. The van der Waals surface area contributed by atoms with Crippen LogP contribution in [0, 0.1) is 0 Å². The number of carbonyl (C=O) groups excluding carboxylic acids is 3. The van der Waals surface area contributed by atoms with Gasteiger partial charge in [0, 0.05) is 23.9 Å². The summed E-state index contributed by atoms with van der Waals surface area (Å²) in [4.78, 5) is 35.6. The molecule has 1 aromatic rings. The molecule has 1 saturated carbocycles. The molecule has 0 saturated heterocycles. The first-order valence-electron chi connectivity index (χ1n) is 8.76. The summed E-state index contributed by atoms with van der Waals surface area (Å²) in [5.41, 5.74) is 0.728. The van der Waals surface area contributed by atoms with Gasteiger partial charge in [0.2, 0.25) is 5.91 Å². The van der Waals surface area contributed by atoms with Crippen molar-refractivity contribution in [2.45, 2.75) is 45.1 Å². The Kier molecular flexibility index (Phi) is 7.66. The van der Waals surface area contributed by atoms with Gasteiger partial charge in [0.1, 0.15) is 0 Å². The van der Waals surface area contributed by atoms with E-state index in [2.05, 4.69) is 10.6 Å². The van der Waals surface area contributed by atoms with E-state index in [1.54, 1.807) is 19.1 Å². The summed E-state index contributed by atoms with van der Waals surface area (Å²) < 4.78 is 4.70. The van der Waals surface area contributed by atoms with E-state index in [0.29, 0.717) is 16.3 Å². The molecule has 26 heavy (non-hydrogen) atoms. The molecule has 2 amide bonds. The van der Waals surface area contributed by atoms with E-state index in [0.717, 1.165) is 37.8 Å². The molecule has 0 radical (unpaired) electrons. The van der Waals surface area contributed by atoms with E-state index in [4.69, 9.17) is 16.3 Å². The highest BCUT2D eigenvalue weighted by Crippen LogP contribution is 2.22. The molecule has 0 unspecified atom stereocenters. The molecule has 0 spiro atoms. The number of anilines is 1. The summed E-state index contributed by atoms with van der Waals surface area (Å²) in [5.74, 6) is -1.34. The SMILES string of the molecule is CCOC(=O)/C=C/C(=O)Nc1ccc(Cl)c(C(=O)NC2CCCCC2)c1. The zero-order chi connectivity index (χ0) is 18.9. The van der Waals surface area contributed by atoms with Crippen LogP contribution in [-0.2, 0) is 14.3 Å². The molecule has 1 aliphatic carbocycles. The standard InChI is InChI=1S/C19H23ClN2O4/c1-2-26-18(24)11-10-17(23)21-14-8-9-16(20)15(12-14)19(25)22-13-6-4-3-5-7-13/h8-13H,2-7H2,1H3,(H,21,23)(H,22,25)/b11-10+. The topological polar surface area (TPSA) is 84.5 Å². The number of hydrogen-bond acceptors (Lipinski definition) is 4. The minimum atomic E-state index is -0.591. The third-order valence-corrected chi connectivity index (χ3v) is 4.41. The second kappa shape index (κ2) is 9.97. The van der Waals surface area contributed by atoms with Crippen LogP contribution >= 0.6 is 11.6 Å². The number of amides is 2. The molecular weight excluding hydrogens is 356 g/mol. The summed E-state index contributed by atoms with van der Waals surface area (Å²) in [6, 6.07) is 4.84. The lowest BCUT2D eigenvalue weighted by atomic mass is 9.95. The third kappa shape index (κ3) is 6.19. The van der Waals surface area contributed by atoms with Gasteiger partial charge in [-0.25, -0.2) is 4.79 Å². The minimum absolute atomic E-state index is 0.165. The fourth-order valence-electron chi connectivity index (χ4n) is 2.81. The molecule has 6 nitrogen and oxygen atoms in total. The first kappa shape index (κ1) is 20.0. The van der Waals surface area contributed by atoms with Crippen LogP contribution in [0.15, 0.2) is 30.4 Å². The predicted molar refractivity (Wildman–Crippen MR) is 100 cm³/mol. The van der Waals surface area contributed by atoms with Crippen molar-refractivity contribution in [1.82, 2.24) is 5.32 Å². The Morgan fingerprint density at radius 3 is 2.62 bits per heavy atom. The van der Waals surface area contributed by atoms with Crippen molar-refractivity contribution in [3.63, 3.8) is 0 Å². The fourth-order valence-corrected chi connectivity index (χ4v) is 3.01. The number of rotatable bonds is 6. The van der Waals surface area contributed by atoms with Crippen LogP contribution in [0.25, 0.3) is 0 Å². The summed E-state index contributed by atoms with van der Waals surface area (Å²) in [5, 5.41) is 5.91. The Morgan fingerprint density at radius 2 is 1.92 bits per heavy atom. The summed E-state index contributed by atoms with van der Waals surface area (Å²) in [6.45, 7) is 1.92. The maximum Gasteiger partial charge on any atom is 0.330 e. The van der Waals surface area contributed by atoms with Crippen molar-refractivity contribution in [1.29, 1.82) is 0 Å². The summed E-state index contributed by atoms with van der Waals surface area (Å²) in [7, 11) is 0. The smallest absolute Gasteiger partial charge is 0.330 e. The average Bonchev–Trinajstić information content (AvgIpc) is 2.62. The molecule has 0 aliphatic heterocycles.